The van der Waals surface area contributed by atoms with Crippen molar-refractivity contribution in [1.29, 1.82) is 0 Å². The predicted molar refractivity (Wildman–Crippen MR) is 58.3 cm³/mol. The maximum atomic E-state index is 9.64. The number of aliphatic hydroxyl groups excluding tert-OH is 2. The van der Waals surface area contributed by atoms with Crippen molar-refractivity contribution in [2.45, 2.75) is 24.7 Å². The van der Waals surface area contributed by atoms with Gasteiger partial charge in [0.1, 0.15) is 18.0 Å². The molecule has 0 aromatic carbocycles. The summed E-state index contributed by atoms with van der Waals surface area (Å²) in [4.78, 5) is 7.79. The van der Waals surface area contributed by atoms with E-state index in [1.165, 1.54) is 6.20 Å². The Morgan fingerprint density at radius 2 is 2.41 bits per heavy atom. The van der Waals surface area contributed by atoms with E-state index in [0.29, 0.717) is 12.2 Å². The van der Waals surface area contributed by atoms with Crippen LogP contribution in [0.4, 0.5) is 5.82 Å². The zero-order valence-corrected chi connectivity index (χ0v) is 9.19. The number of nitrogen functional groups attached to an aromatic ring is 1. The highest BCUT2D eigenvalue weighted by atomic mass is 16.6. The zero-order chi connectivity index (χ0) is 12.3. The van der Waals surface area contributed by atoms with Gasteiger partial charge in [0.05, 0.1) is 19.3 Å². The van der Waals surface area contributed by atoms with Crippen molar-refractivity contribution >= 4 is 5.82 Å². The Bertz CT molecular complexity index is 376. The first-order chi connectivity index (χ1) is 8.19. The minimum atomic E-state index is -0.750. The van der Waals surface area contributed by atoms with E-state index in [1.54, 1.807) is 6.07 Å². The van der Waals surface area contributed by atoms with Crippen molar-refractivity contribution in [2.24, 2.45) is 0 Å². The van der Waals surface area contributed by atoms with Crippen LogP contribution in [-0.2, 0) is 4.74 Å². The Kier molecular flexibility index (Phi) is 3.72. The lowest BCUT2D eigenvalue weighted by atomic mass is 10.0. The molecule has 0 spiro atoms. The average Bonchev–Trinajstić information content (AvgIpc) is 2.29. The van der Waals surface area contributed by atoms with Crippen molar-refractivity contribution in [2.75, 3.05) is 18.9 Å². The fourth-order valence-corrected chi connectivity index (χ4v) is 1.65. The van der Waals surface area contributed by atoms with Crippen LogP contribution in [-0.4, -0.2) is 51.7 Å². The zero-order valence-electron chi connectivity index (χ0n) is 9.19. The SMILES string of the molecule is Nc1ccnc(O[C@H]2CO[C@H](CO)[C@@H](O)C2)n1. The van der Waals surface area contributed by atoms with Crippen LogP contribution in [0.25, 0.3) is 0 Å². The Morgan fingerprint density at radius 1 is 1.59 bits per heavy atom. The maximum absolute atomic E-state index is 9.64. The number of nitrogens with zero attached hydrogens (tertiary/aromatic N) is 2. The highest BCUT2D eigenvalue weighted by Crippen LogP contribution is 2.18. The van der Waals surface area contributed by atoms with Crippen LogP contribution in [0.5, 0.6) is 6.01 Å². The second kappa shape index (κ2) is 5.26. The molecule has 1 fully saturated rings. The van der Waals surface area contributed by atoms with Crippen molar-refractivity contribution in [1.82, 2.24) is 9.97 Å². The summed E-state index contributed by atoms with van der Waals surface area (Å²) in [7, 11) is 0. The van der Waals surface area contributed by atoms with Gasteiger partial charge in [-0.25, -0.2) is 4.98 Å². The predicted octanol–water partition coefficient (Wildman–Crippen LogP) is -1.05. The lowest BCUT2D eigenvalue weighted by Crippen LogP contribution is -2.45. The van der Waals surface area contributed by atoms with E-state index < -0.39 is 12.2 Å². The quantitative estimate of drug-likeness (QED) is 0.619. The van der Waals surface area contributed by atoms with Crippen molar-refractivity contribution in [3.8, 4) is 6.01 Å². The smallest absolute Gasteiger partial charge is 0.318 e. The Balaban J connectivity index is 1.93. The fraction of sp³-hybridized carbons (Fsp3) is 0.600. The van der Waals surface area contributed by atoms with Crippen LogP contribution in [0.1, 0.15) is 6.42 Å². The molecule has 3 atom stereocenters. The topological polar surface area (TPSA) is 111 Å². The minimum absolute atomic E-state index is 0.160. The van der Waals surface area contributed by atoms with Gasteiger partial charge in [0.15, 0.2) is 0 Å². The van der Waals surface area contributed by atoms with Crippen LogP contribution in [0.3, 0.4) is 0 Å². The summed E-state index contributed by atoms with van der Waals surface area (Å²) >= 11 is 0. The third kappa shape index (κ3) is 3.02. The molecule has 1 aromatic heterocycles. The van der Waals surface area contributed by atoms with E-state index >= 15 is 0 Å². The second-order valence-corrected chi connectivity index (χ2v) is 3.86. The Morgan fingerprint density at radius 3 is 3.06 bits per heavy atom. The molecule has 7 nitrogen and oxygen atoms in total. The summed E-state index contributed by atoms with van der Waals surface area (Å²) < 4.78 is 10.7. The first-order valence-corrected chi connectivity index (χ1v) is 5.34. The maximum Gasteiger partial charge on any atom is 0.318 e. The summed E-state index contributed by atoms with van der Waals surface area (Å²) in [5, 5.41) is 18.5. The number of ether oxygens (including phenoxy) is 2. The molecule has 1 aromatic rings. The van der Waals surface area contributed by atoms with Gasteiger partial charge in [-0.05, 0) is 6.07 Å². The van der Waals surface area contributed by atoms with Gasteiger partial charge in [-0.1, -0.05) is 0 Å². The van der Waals surface area contributed by atoms with Gasteiger partial charge in [-0.2, -0.15) is 4.98 Å². The van der Waals surface area contributed by atoms with Gasteiger partial charge < -0.3 is 25.4 Å². The van der Waals surface area contributed by atoms with Crippen LogP contribution < -0.4 is 10.5 Å². The minimum Gasteiger partial charge on any atom is -0.458 e. The molecule has 4 N–H and O–H groups in total. The molecule has 17 heavy (non-hydrogen) atoms. The molecule has 0 aliphatic carbocycles. The van der Waals surface area contributed by atoms with Gasteiger partial charge in [0, 0.05) is 12.6 Å². The lowest BCUT2D eigenvalue weighted by Gasteiger charge is -2.31. The molecule has 0 amide bonds. The first kappa shape index (κ1) is 12.0. The average molecular weight is 241 g/mol. The summed E-state index contributed by atoms with van der Waals surface area (Å²) in [5.74, 6) is 0.320. The third-order valence-electron chi connectivity index (χ3n) is 2.54. The number of aliphatic hydroxyl groups is 2. The number of rotatable bonds is 3. The summed E-state index contributed by atoms with van der Waals surface area (Å²) in [6.07, 6.45) is 0.226. The van der Waals surface area contributed by atoms with Gasteiger partial charge >= 0.3 is 6.01 Å². The van der Waals surface area contributed by atoms with Crippen molar-refractivity contribution in [3.63, 3.8) is 0 Å². The molecule has 0 radical (unpaired) electrons. The molecule has 0 bridgehead atoms. The van der Waals surface area contributed by atoms with Crippen LogP contribution in [0.15, 0.2) is 12.3 Å². The first-order valence-electron chi connectivity index (χ1n) is 5.34. The largest absolute Gasteiger partial charge is 0.458 e. The molecule has 7 heteroatoms. The van der Waals surface area contributed by atoms with E-state index in [-0.39, 0.29) is 25.3 Å². The summed E-state index contributed by atoms with van der Waals surface area (Å²) in [6.45, 7) is 0.0725. The highest BCUT2D eigenvalue weighted by molar-refractivity contribution is 5.26. The summed E-state index contributed by atoms with van der Waals surface area (Å²) in [5.41, 5.74) is 5.49. The van der Waals surface area contributed by atoms with Gasteiger partial charge in [-0.3, -0.25) is 0 Å². The number of anilines is 1. The molecule has 94 valence electrons. The Hall–Kier alpha value is -1.44. The molecule has 0 saturated carbocycles. The monoisotopic (exact) mass is 241 g/mol. The molecular weight excluding hydrogens is 226 g/mol. The molecule has 1 aliphatic heterocycles. The highest BCUT2D eigenvalue weighted by Gasteiger charge is 2.31. The molecule has 2 heterocycles. The molecule has 2 rings (SSSR count). The van der Waals surface area contributed by atoms with E-state index in [4.69, 9.17) is 20.3 Å². The number of hydrogen-bond donors (Lipinski definition) is 3. The third-order valence-corrected chi connectivity index (χ3v) is 2.54. The van der Waals surface area contributed by atoms with E-state index in [9.17, 15) is 5.11 Å². The Labute approximate surface area is 98.2 Å². The van der Waals surface area contributed by atoms with Crippen LogP contribution in [0, 0.1) is 0 Å². The number of hydrogen-bond acceptors (Lipinski definition) is 7. The van der Waals surface area contributed by atoms with Crippen LogP contribution >= 0.6 is 0 Å². The van der Waals surface area contributed by atoms with Crippen LogP contribution in [0.2, 0.25) is 0 Å². The molecule has 0 unspecified atom stereocenters. The molecular formula is C10H15N3O4. The van der Waals surface area contributed by atoms with Gasteiger partial charge in [-0.15, -0.1) is 0 Å². The lowest BCUT2D eigenvalue weighted by molar-refractivity contribution is -0.132. The normalized spacial score (nSPS) is 28.9. The molecule has 1 saturated heterocycles. The fourth-order valence-electron chi connectivity index (χ4n) is 1.65. The van der Waals surface area contributed by atoms with Gasteiger partial charge in [0.25, 0.3) is 0 Å². The summed E-state index contributed by atoms with van der Waals surface area (Å²) in [6, 6.07) is 1.72. The van der Waals surface area contributed by atoms with E-state index in [0.717, 1.165) is 0 Å². The van der Waals surface area contributed by atoms with Crippen molar-refractivity contribution in [3.05, 3.63) is 12.3 Å². The molecule has 1 aliphatic rings. The van der Waals surface area contributed by atoms with E-state index in [2.05, 4.69) is 9.97 Å². The van der Waals surface area contributed by atoms with Gasteiger partial charge in [0.2, 0.25) is 0 Å². The number of nitrogens with two attached hydrogens (primary N) is 1. The van der Waals surface area contributed by atoms with E-state index in [1.807, 2.05) is 0 Å². The second-order valence-electron chi connectivity index (χ2n) is 3.86. The standard InChI is InChI=1S/C10H15N3O4/c11-9-1-2-12-10(13-9)17-6-3-7(15)8(4-14)16-5-6/h1-2,6-8,14-15H,3-5H2,(H2,11,12,13)/t6-,7+,8-/m1/s1. The van der Waals surface area contributed by atoms with Crippen molar-refractivity contribution < 1.29 is 19.7 Å². The number of aromatic nitrogens is 2.